The molecule has 0 amide bonds. The first-order chi connectivity index (χ1) is 30.2. The van der Waals surface area contributed by atoms with Crippen LogP contribution in [0.1, 0.15) is 0 Å². The van der Waals surface area contributed by atoms with Crippen molar-refractivity contribution in [2.75, 3.05) is 4.90 Å². The number of hydrogen-bond acceptors (Lipinski definition) is 4. The molecule has 0 fully saturated rings. The van der Waals surface area contributed by atoms with E-state index in [0.29, 0.717) is 5.89 Å². The largest absolute Gasteiger partial charge is 0.455 e. The monoisotopic (exact) mass is 780 g/mol. The van der Waals surface area contributed by atoms with Crippen LogP contribution >= 0.6 is 0 Å². The number of benzene rings is 10. The summed E-state index contributed by atoms with van der Waals surface area (Å²) < 4.78 is 13.3. The predicted octanol–water partition coefficient (Wildman–Crippen LogP) is 16.2. The number of aromatic nitrogens is 1. The van der Waals surface area contributed by atoms with Gasteiger partial charge >= 0.3 is 0 Å². The summed E-state index contributed by atoms with van der Waals surface area (Å²) in [5, 5.41) is 6.52. The molecule has 0 aliphatic carbocycles. The van der Waals surface area contributed by atoms with E-state index in [1.807, 2.05) is 24.3 Å². The van der Waals surface area contributed by atoms with E-state index in [9.17, 15) is 0 Å². The Kier molecular flexibility index (Phi) is 8.13. The fraction of sp³-hybridized carbons (Fsp3) is 0. The molecular weight excluding hydrogens is 745 g/mol. The molecule has 61 heavy (non-hydrogen) atoms. The smallest absolute Gasteiger partial charge is 0.227 e. The highest BCUT2D eigenvalue weighted by molar-refractivity contribution is 6.18. The van der Waals surface area contributed by atoms with Gasteiger partial charge in [-0.05, 0) is 105 Å². The van der Waals surface area contributed by atoms with Gasteiger partial charge in [0.25, 0.3) is 0 Å². The van der Waals surface area contributed by atoms with Crippen LogP contribution in [-0.4, -0.2) is 4.98 Å². The van der Waals surface area contributed by atoms with Crippen LogP contribution in [0.3, 0.4) is 0 Å². The maximum Gasteiger partial charge on any atom is 0.227 e. The molecule has 0 N–H and O–H groups in total. The average molecular weight is 781 g/mol. The van der Waals surface area contributed by atoms with Gasteiger partial charge in [0.2, 0.25) is 5.89 Å². The third-order valence-electron chi connectivity index (χ3n) is 11.9. The minimum Gasteiger partial charge on any atom is -0.455 e. The molecule has 2 heterocycles. The van der Waals surface area contributed by atoms with E-state index in [1.165, 1.54) is 11.1 Å². The van der Waals surface area contributed by atoms with Crippen LogP contribution in [0.2, 0.25) is 0 Å². The summed E-state index contributed by atoms with van der Waals surface area (Å²) in [5.41, 5.74) is 14.2. The van der Waals surface area contributed by atoms with Crippen LogP contribution < -0.4 is 4.90 Å². The standard InChI is InChI=1S/C57H36N2O2/c1-3-13-37(14-4-1)39-23-28-42(29-24-39)59(43-30-25-40(26-31-43)38-15-5-2-6-16-38)53-35-51-48-32-27-41-17-7-8-18-44(41)56(48)60-55(51)36-50(53)47-33-34-49(46-20-10-9-19-45(46)47)57-58-52-21-11-12-22-54(52)61-57/h1-36H. The number of rotatable bonds is 7. The van der Waals surface area contributed by atoms with Gasteiger partial charge in [-0.25, -0.2) is 4.98 Å². The summed E-state index contributed by atoms with van der Waals surface area (Å²) in [6.45, 7) is 0. The summed E-state index contributed by atoms with van der Waals surface area (Å²) in [6.07, 6.45) is 0. The zero-order valence-electron chi connectivity index (χ0n) is 33.0. The lowest BCUT2D eigenvalue weighted by Crippen LogP contribution is -2.11. The minimum atomic E-state index is 0.599. The molecule has 0 unspecified atom stereocenters. The molecule has 2 aromatic heterocycles. The fourth-order valence-electron chi connectivity index (χ4n) is 8.94. The van der Waals surface area contributed by atoms with E-state index in [4.69, 9.17) is 13.8 Å². The number of para-hydroxylation sites is 2. The second kappa shape index (κ2) is 14.3. The highest BCUT2D eigenvalue weighted by Gasteiger charge is 2.24. The highest BCUT2D eigenvalue weighted by atomic mass is 16.3. The first kappa shape index (κ1) is 34.8. The zero-order chi connectivity index (χ0) is 40.3. The lowest BCUT2D eigenvalue weighted by Gasteiger charge is -2.29. The lowest BCUT2D eigenvalue weighted by atomic mass is 9.92. The van der Waals surface area contributed by atoms with Crippen LogP contribution in [0.4, 0.5) is 17.1 Å². The lowest BCUT2D eigenvalue weighted by molar-refractivity contribution is 0.620. The van der Waals surface area contributed by atoms with Gasteiger partial charge < -0.3 is 13.7 Å². The summed E-state index contributed by atoms with van der Waals surface area (Å²) >= 11 is 0. The SMILES string of the molecule is c1ccc(-c2ccc(N(c3ccc(-c4ccccc4)cc3)c3cc4c(cc3-c3ccc(-c5nc6ccccc6o5)c5ccccc35)oc3c5ccccc5ccc43)cc2)cc1. The minimum absolute atomic E-state index is 0.599. The molecule has 12 aromatic rings. The second-order valence-electron chi connectivity index (χ2n) is 15.5. The van der Waals surface area contributed by atoms with E-state index < -0.39 is 0 Å². The molecule has 0 bridgehead atoms. The van der Waals surface area contributed by atoms with Crippen LogP contribution in [0.5, 0.6) is 0 Å². The van der Waals surface area contributed by atoms with Crippen molar-refractivity contribution in [3.8, 4) is 44.8 Å². The van der Waals surface area contributed by atoms with Crippen LogP contribution in [0.15, 0.2) is 227 Å². The Morgan fingerprint density at radius 2 is 0.902 bits per heavy atom. The van der Waals surface area contributed by atoms with Gasteiger partial charge in [0.05, 0.1) is 5.69 Å². The Bertz CT molecular complexity index is 3450. The van der Waals surface area contributed by atoms with E-state index in [1.54, 1.807) is 0 Å². The topological polar surface area (TPSA) is 42.4 Å². The maximum absolute atomic E-state index is 6.90. The molecule has 0 spiro atoms. The fourth-order valence-corrected chi connectivity index (χ4v) is 8.94. The molecule has 0 aliphatic rings. The van der Waals surface area contributed by atoms with Gasteiger partial charge in [-0.3, -0.25) is 0 Å². The Morgan fingerprint density at radius 1 is 0.344 bits per heavy atom. The van der Waals surface area contributed by atoms with Gasteiger partial charge in [-0.2, -0.15) is 0 Å². The van der Waals surface area contributed by atoms with E-state index in [2.05, 4.69) is 199 Å². The van der Waals surface area contributed by atoms with E-state index in [0.717, 1.165) is 99.5 Å². The molecular formula is C57H36N2O2. The molecule has 4 heteroatoms. The highest BCUT2D eigenvalue weighted by Crippen LogP contribution is 2.48. The van der Waals surface area contributed by atoms with Gasteiger partial charge in [0.15, 0.2) is 5.58 Å². The number of fused-ring (bicyclic) bond motifs is 7. The number of nitrogens with zero attached hydrogens (tertiary/aromatic N) is 2. The number of anilines is 3. The van der Waals surface area contributed by atoms with Crippen LogP contribution in [-0.2, 0) is 0 Å². The van der Waals surface area contributed by atoms with Crippen LogP contribution in [0, 0.1) is 0 Å². The summed E-state index contributed by atoms with van der Waals surface area (Å²) in [4.78, 5) is 7.31. The van der Waals surface area contributed by atoms with Crippen molar-refractivity contribution in [3.05, 3.63) is 218 Å². The normalized spacial score (nSPS) is 11.6. The quantitative estimate of drug-likeness (QED) is 0.162. The Labute approximate surface area is 352 Å². The Balaban J connectivity index is 1.13. The molecule has 12 rings (SSSR count). The Hall–Kier alpha value is -8.21. The maximum atomic E-state index is 6.90. The van der Waals surface area contributed by atoms with E-state index >= 15 is 0 Å². The number of hydrogen-bond donors (Lipinski definition) is 0. The number of furan rings is 1. The average Bonchev–Trinajstić information content (AvgIpc) is 3.94. The summed E-state index contributed by atoms with van der Waals surface area (Å²) in [6, 6.07) is 77.2. The second-order valence-corrected chi connectivity index (χ2v) is 15.5. The van der Waals surface area contributed by atoms with Crippen LogP contribution in [0.25, 0.3) is 99.4 Å². The van der Waals surface area contributed by atoms with Crippen molar-refractivity contribution in [2.45, 2.75) is 0 Å². The van der Waals surface area contributed by atoms with E-state index in [-0.39, 0.29) is 0 Å². The molecule has 0 atom stereocenters. The molecule has 10 aromatic carbocycles. The summed E-state index contributed by atoms with van der Waals surface area (Å²) in [5.74, 6) is 0.599. The molecule has 0 saturated carbocycles. The molecule has 0 aliphatic heterocycles. The summed E-state index contributed by atoms with van der Waals surface area (Å²) in [7, 11) is 0. The molecule has 286 valence electrons. The van der Waals surface area contributed by atoms with Crippen molar-refractivity contribution >= 4 is 71.6 Å². The van der Waals surface area contributed by atoms with Crippen molar-refractivity contribution in [1.82, 2.24) is 4.98 Å². The van der Waals surface area contributed by atoms with Crippen molar-refractivity contribution in [2.24, 2.45) is 0 Å². The van der Waals surface area contributed by atoms with Crippen molar-refractivity contribution in [1.29, 1.82) is 0 Å². The number of oxazole rings is 1. The third kappa shape index (κ3) is 5.96. The predicted molar refractivity (Wildman–Crippen MR) is 253 cm³/mol. The molecule has 4 nitrogen and oxygen atoms in total. The third-order valence-corrected chi connectivity index (χ3v) is 11.9. The van der Waals surface area contributed by atoms with Crippen molar-refractivity contribution in [3.63, 3.8) is 0 Å². The van der Waals surface area contributed by atoms with Gasteiger partial charge in [-0.1, -0.05) is 158 Å². The van der Waals surface area contributed by atoms with Gasteiger partial charge in [0, 0.05) is 38.7 Å². The first-order valence-corrected chi connectivity index (χ1v) is 20.6. The van der Waals surface area contributed by atoms with Gasteiger partial charge in [-0.15, -0.1) is 0 Å². The molecule has 0 saturated heterocycles. The molecule has 0 radical (unpaired) electrons. The van der Waals surface area contributed by atoms with Gasteiger partial charge in [0.1, 0.15) is 16.7 Å². The zero-order valence-corrected chi connectivity index (χ0v) is 33.0. The van der Waals surface area contributed by atoms with Crippen molar-refractivity contribution < 1.29 is 8.83 Å². The Morgan fingerprint density at radius 3 is 1.57 bits per heavy atom. The first-order valence-electron chi connectivity index (χ1n) is 20.6.